The van der Waals surface area contributed by atoms with Crippen LogP contribution in [0.4, 0.5) is 0 Å². The van der Waals surface area contributed by atoms with Gasteiger partial charge in [0, 0.05) is 24.5 Å². The van der Waals surface area contributed by atoms with Crippen molar-refractivity contribution in [2.24, 2.45) is 0 Å². The van der Waals surface area contributed by atoms with Gasteiger partial charge in [-0.3, -0.25) is 9.78 Å². The summed E-state index contributed by atoms with van der Waals surface area (Å²) < 4.78 is 0. The monoisotopic (exact) mass is 220 g/mol. The van der Waals surface area contributed by atoms with Gasteiger partial charge in [-0.25, -0.2) is 4.79 Å². The van der Waals surface area contributed by atoms with Crippen LogP contribution in [0.5, 0.6) is 0 Å². The Morgan fingerprint density at radius 1 is 1.38 bits per heavy atom. The van der Waals surface area contributed by atoms with Crippen molar-refractivity contribution in [2.75, 3.05) is 6.54 Å². The highest BCUT2D eigenvalue weighted by molar-refractivity contribution is 5.96. The fraction of sp³-hybridized carbons (Fsp3) is 0.364. The molecular weight excluding hydrogens is 208 g/mol. The molecule has 1 aliphatic heterocycles. The number of rotatable bonds is 2. The second kappa shape index (κ2) is 4.30. The Hall–Kier alpha value is -1.91. The highest BCUT2D eigenvalue weighted by Crippen LogP contribution is 2.19. The number of carboxylic acid groups (broad SMARTS) is 1. The van der Waals surface area contributed by atoms with Crippen molar-refractivity contribution in [2.45, 2.75) is 18.9 Å². The Morgan fingerprint density at radius 3 is 2.69 bits per heavy atom. The highest BCUT2D eigenvalue weighted by atomic mass is 16.4. The molecule has 0 aromatic carbocycles. The maximum absolute atomic E-state index is 12.0. The number of nitrogens with zero attached hydrogens (tertiary/aromatic N) is 2. The van der Waals surface area contributed by atoms with Gasteiger partial charge in [-0.2, -0.15) is 0 Å². The Morgan fingerprint density at radius 2 is 2.06 bits per heavy atom. The molecule has 1 saturated heterocycles. The summed E-state index contributed by atoms with van der Waals surface area (Å²) in [6.07, 6.45) is 4.33. The molecular formula is C11H12N2O3. The van der Waals surface area contributed by atoms with Crippen LogP contribution in [0.15, 0.2) is 24.5 Å². The lowest BCUT2D eigenvalue weighted by Crippen LogP contribution is -2.40. The van der Waals surface area contributed by atoms with Crippen molar-refractivity contribution in [1.29, 1.82) is 0 Å². The van der Waals surface area contributed by atoms with E-state index in [1.807, 2.05) is 0 Å². The summed E-state index contributed by atoms with van der Waals surface area (Å²) >= 11 is 0. The number of aromatic nitrogens is 1. The molecule has 0 aliphatic carbocycles. The molecule has 2 rings (SSSR count). The molecule has 2 heterocycles. The lowest BCUT2D eigenvalue weighted by Gasteiger charge is -2.21. The molecule has 0 radical (unpaired) electrons. The molecule has 5 nitrogen and oxygen atoms in total. The second-order valence-corrected chi connectivity index (χ2v) is 3.73. The summed E-state index contributed by atoms with van der Waals surface area (Å²) in [6.45, 7) is 0.512. The minimum Gasteiger partial charge on any atom is -0.480 e. The third-order valence-electron chi connectivity index (χ3n) is 2.73. The first-order chi connectivity index (χ1) is 7.70. The third kappa shape index (κ3) is 1.88. The summed E-state index contributed by atoms with van der Waals surface area (Å²) in [6, 6.07) is 2.51. The molecule has 0 unspecified atom stereocenters. The molecule has 1 aliphatic rings. The molecule has 0 bridgehead atoms. The van der Waals surface area contributed by atoms with Gasteiger partial charge in [0.1, 0.15) is 6.04 Å². The third-order valence-corrected chi connectivity index (χ3v) is 2.73. The van der Waals surface area contributed by atoms with Crippen molar-refractivity contribution < 1.29 is 14.7 Å². The van der Waals surface area contributed by atoms with Crippen molar-refractivity contribution >= 4 is 11.9 Å². The van der Waals surface area contributed by atoms with E-state index in [-0.39, 0.29) is 5.91 Å². The standard InChI is InChI=1S/C11H12N2O3/c14-10(8-3-5-12-6-4-8)13-7-1-2-9(13)11(15)16/h3-6,9H,1-2,7H2,(H,15,16)/t9-/m0/s1. The number of hydrogen-bond donors (Lipinski definition) is 1. The number of carbonyl (C=O) groups excluding carboxylic acids is 1. The van der Waals surface area contributed by atoms with E-state index in [4.69, 9.17) is 5.11 Å². The van der Waals surface area contributed by atoms with Crippen LogP contribution in [-0.2, 0) is 4.79 Å². The maximum atomic E-state index is 12.0. The number of carboxylic acids is 1. The van der Waals surface area contributed by atoms with Crippen molar-refractivity contribution in [3.8, 4) is 0 Å². The molecule has 1 aromatic rings. The molecule has 1 atom stereocenters. The predicted molar refractivity (Wildman–Crippen MR) is 55.9 cm³/mol. The van der Waals surface area contributed by atoms with E-state index in [0.717, 1.165) is 6.42 Å². The first-order valence-corrected chi connectivity index (χ1v) is 5.14. The first kappa shape index (κ1) is 10.6. The normalized spacial score (nSPS) is 19.8. The number of hydrogen-bond acceptors (Lipinski definition) is 3. The number of carbonyl (C=O) groups is 2. The van der Waals surface area contributed by atoms with E-state index in [2.05, 4.69) is 4.98 Å². The summed E-state index contributed by atoms with van der Waals surface area (Å²) in [5.41, 5.74) is 0.489. The minimum absolute atomic E-state index is 0.229. The van der Waals surface area contributed by atoms with Crippen molar-refractivity contribution in [1.82, 2.24) is 9.88 Å². The lowest BCUT2D eigenvalue weighted by atomic mass is 10.2. The van der Waals surface area contributed by atoms with E-state index in [0.29, 0.717) is 18.5 Å². The fourth-order valence-corrected chi connectivity index (χ4v) is 1.93. The van der Waals surface area contributed by atoms with Crippen molar-refractivity contribution in [3.63, 3.8) is 0 Å². The fourth-order valence-electron chi connectivity index (χ4n) is 1.93. The van der Waals surface area contributed by atoms with Crippen LogP contribution in [0.1, 0.15) is 23.2 Å². The molecule has 0 saturated carbocycles. The van der Waals surface area contributed by atoms with Gasteiger partial charge in [-0.1, -0.05) is 0 Å². The van der Waals surface area contributed by atoms with Gasteiger partial charge in [0.15, 0.2) is 0 Å². The first-order valence-electron chi connectivity index (χ1n) is 5.14. The van der Waals surface area contributed by atoms with Crippen molar-refractivity contribution in [3.05, 3.63) is 30.1 Å². The molecule has 1 N–H and O–H groups in total. The van der Waals surface area contributed by atoms with Crippen LogP contribution in [-0.4, -0.2) is 39.5 Å². The van der Waals surface area contributed by atoms with Gasteiger partial charge < -0.3 is 10.0 Å². The zero-order chi connectivity index (χ0) is 11.5. The average Bonchev–Trinajstić information content (AvgIpc) is 2.78. The molecule has 16 heavy (non-hydrogen) atoms. The molecule has 0 spiro atoms. The predicted octanol–water partition coefficient (Wildman–Crippen LogP) is 0.771. The van der Waals surface area contributed by atoms with Crippen LogP contribution in [0.2, 0.25) is 0 Å². The van der Waals surface area contributed by atoms with Gasteiger partial charge in [0.05, 0.1) is 0 Å². The molecule has 84 valence electrons. The van der Waals surface area contributed by atoms with E-state index in [1.54, 1.807) is 12.1 Å². The maximum Gasteiger partial charge on any atom is 0.326 e. The minimum atomic E-state index is -0.931. The average molecular weight is 220 g/mol. The lowest BCUT2D eigenvalue weighted by molar-refractivity contribution is -0.141. The largest absolute Gasteiger partial charge is 0.480 e. The summed E-state index contributed by atoms with van der Waals surface area (Å²) in [7, 11) is 0. The summed E-state index contributed by atoms with van der Waals surface area (Å²) in [4.78, 5) is 28.2. The zero-order valence-corrected chi connectivity index (χ0v) is 8.67. The van der Waals surface area contributed by atoms with Gasteiger partial charge in [-0.15, -0.1) is 0 Å². The number of amides is 1. The van der Waals surface area contributed by atoms with Gasteiger partial charge in [0.2, 0.25) is 0 Å². The SMILES string of the molecule is O=C(O)[C@@H]1CCCN1C(=O)c1ccncc1. The molecule has 5 heteroatoms. The smallest absolute Gasteiger partial charge is 0.326 e. The van der Waals surface area contributed by atoms with E-state index >= 15 is 0 Å². The number of likely N-dealkylation sites (tertiary alicyclic amines) is 1. The Bertz CT molecular complexity index is 405. The topological polar surface area (TPSA) is 70.5 Å². The number of aliphatic carboxylic acids is 1. The zero-order valence-electron chi connectivity index (χ0n) is 8.67. The number of pyridine rings is 1. The van der Waals surface area contributed by atoms with Gasteiger partial charge >= 0.3 is 5.97 Å². The summed E-state index contributed by atoms with van der Waals surface area (Å²) in [5, 5.41) is 8.97. The van der Waals surface area contributed by atoms with E-state index < -0.39 is 12.0 Å². The van der Waals surface area contributed by atoms with E-state index in [1.165, 1.54) is 17.3 Å². The van der Waals surface area contributed by atoms with E-state index in [9.17, 15) is 9.59 Å². The second-order valence-electron chi connectivity index (χ2n) is 3.73. The van der Waals surface area contributed by atoms with Gasteiger partial charge in [0.25, 0.3) is 5.91 Å². The van der Waals surface area contributed by atoms with Crippen LogP contribution in [0.25, 0.3) is 0 Å². The van der Waals surface area contributed by atoms with Crippen LogP contribution in [0.3, 0.4) is 0 Å². The Kier molecular flexibility index (Phi) is 2.85. The van der Waals surface area contributed by atoms with Crippen LogP contribution in [0, 0.1) is 0 Å². The highest BCUT2D eigenvalue weighted by Gasteiger charge is 2.34. The quantitative estimate of drug-likeness (QED) is 0.799. The van der Waals surface area contributed by atoms with Crippen LogP contribution < -0.4 is 0 Å². The van der Waals surface area contributed by atoms with Crippen LogP contribution >= 0.6 is 0 Å². The molecule has 1 aromatic heterocycles. The summed E-state index contributed by atoms with van der Waals surface area (Å²) in [5.74, 6) is -1.16. The Labute approximate surface area is 92.7 Å². The van der Waals surface area contributed by atoms with Gasteiger partial charge in [-0.05, 0) is 25.0 Å². The Balaban J connectivity index is 2.19. The molecule has 1 fully saturated rings. The molecule has 1 amide bonds.